The second-order valence-corrected chi connectivity index (χ2v) is 17.9. The molecule has 1 aliphatic heterocycles. The summed E-state index contributed by atoms with van der Waals surface area (Å²) in [6, 6.07) is 74.8. The first-order valence-electron chi connectivity index (χ1n) is 22.3. The summed E-state index contributed by atoms with van der Waals surface area (Å²) in [5.74, 6) is 0. The molecular weight excluding hydrogens is 761 g/mol. The van der Waals surface area contributed by atoms with E-state index in [1.165, 1.54) is 105 Å². The average molecular weight is 805 g/mol. The zero-order chi connectivity index (χ0) is 41.8. The third kappa shape index (κ3) is 5.25. The third-order valence-corrected chi connectivity index (χ3v) is 14.2. The van der Waals surface area contributed by atoms with E-state index in [-0.39, 0.29) is 5.41 Å². The van der Waals surface area contributed by atoms with Crippen LogP contribution in [0, 0.1) is 0 Å². The number of anilines is 3. The highest BCUT2D eigenvalue weighted by molar-refractivity contribution is 6.04. The predicted molar refractivity (Wildman–Crippen MR) is 265 cm³/mol. The number of rotatable bonds is 5. The lowest BCUT2D eigenvalue weighted by Crippen LogP contribution is -2.15. The van der Waals surface area contributed by atoms with Gasteiger partial charge in [-0.1, -0.05) is 178 Å². The second-order valence-electron chi connectivity index (χ2n) is 17.9. The lowest BCUT2D eigenvalue weighted by molar-refractivity contribution is 0.660. The monoisotopic (exact) mass is 804 g/mol. The normalized spacial score (nSPS) is 14.0. The first kappa shape index (κ1) is 36.0. The Morgan fingerprint density at radius 1 is 0.476 bits per heavy atom. The Labute approximate surface area is 368 Å². The van der Waals surface area contributed by atoms with Crippen molar-refractivity contribution >= 4 is 44.3 Å². The Morgan fingerprint density at radius 3 is 2.06 bits per heavy atom. The maximum absolute atomic E-state index is 2.54. The molecule has 63 heavy (non-hydrogen) atoms. The molecule has 1 aromatic heterocycles. The summed E-state index contributed by atoms with van der Waals surface area (Å²) in [5, 5.41) is 3.85. The van der Waals surface area contributed by atoms with Crippen LogP contribution in [0.2, 0.25) is 0 Å². The Balaban J connectivity index is 1.08. The minimum atomic E-state index is -0.105. The van der Waals surface area contributed by atoms with Gasteiger partial charge in [0.1, 0.15) is 0 Å². The zero-order valence-corrected chi connectivity index (χ0v) is 35.4. The number of para-hydroxylation sites is 3. The van der Waals surface area contributed by atoms with Crippen molar-refractivity contribution in [1.82, 2.24) is 4.57 Å². The van der Waals surface area contributed by atoms with Crippen LogP contribution in [-0.2, 0) is 11.8 Å². The standard InChI is InChI=1S/C61H44N2/c1-61(2)54-30-9-5-25-52(54)59-49(27-16-31-55(59)61)47-23-7-10-32-56(47)62(41-20-13-19-40(37-41)44-26-14-18-39-17-3-4-21-43(39)44)42-35-36-45-46-22-6-11-33-57(46)63-58-34-12-8-24-48(58)50-28-15-29-51(60(50)63)53(45)38-42/h3-14,16-27,29-38H,15,28H2,1-2H3. The van der Waals surface area contributed by atoms with Crippen LogP contribution in [0.15, 0.2) is 206 Å². The van der Waals surface area contributed by atoms with Gasteiger partial charge < -0.3 is 9.47 Å². The molecule has 0 bridgehead atoms. The van der Waals surface area contributed by atoms with Crippen molar-refractivity contribution < 1.29 is 0 Å². The van der Waals surface area contributed by atoms with Crippen LogP contribution in [0.4, 0.5) is 17.1 Å². The number of fused-ring (bicyclic) bond motifs is 12. The number of aryl methyl sites for hydroxylation is 1. The van der Waals surface area contributed by atoms with E-state index in [9.17, 15) is 0 Å². The molecular formula is C61H44N2. The van der Waals surface area contributed by atoms with Gasteiger partial charge in [0.25, 0.3) is 0 Å². The molecule has 2 heterocycles. The van der Waals surface area contributed by atoms with Crippen molar-refractivity contribution in [3.63, 3.8) is 0 Å². The van der Waals surface area contributed by atoms with Gasteiger partial charge in [0, 0.05) is 38.9 Å². The van der Waals surface area contributed by atoms with Gasteiger partial charge in [0.2, 0.25) is 0 Å². The summed E-state index contributed by atoms with van der Waals surface area (Å²) >= 11 is 0. The molecule has 0 amide bonds. The molecule has 0 atom stereocenters. The first-order chi connectivity index (χ1) is 31.0. The van der Waals surface area contributed by atoms with Crippen LogP contribution < -0.4 is 4.90 Å². The van der Waals surface area contributed by atoms with Gasteiger partial charge >= 0.3 is 0 Å². The van der Waals surface area contributed by atoms with Gasteiger partial charge in [0.05, 0.1) is 22.6 Å². The summed E-state index contributed by atoms with van der Waals surface area (Å²) in [4.78, 5) is 2.52. The summed E-state index contributed by atoms with van der Waals surface area (Å²) in [5.41, 5.74) is 24.0. The van der Waals surface area contributed by atoms with Crippen molar-refractivity contribution in [1.29, 1.82) is 0 Å². The minimum Gasteiger partial charge on any atom is -0.310 e. The lowest BCUT2D eigenvalue weighted by Gasteiger charge is -2.30. The van der Waals surface area contributed by atoms with E-state index in [2.05, 4.69) is 230 Å². The van der Waals surface area contributed by atoms with E-state index in [4.69, 9.17) is 0 Å². The Bertz CT molecular complexity index is 3550. The minimum absolute atomic E-state index is 0.105. The van der Waals surface area contributed by atoms with Crippen molar-refractivity contribution in [3.8, 4) is 50.2 Å². The molecule has 0 fully saturated rings. The van der Waals surface area contributed by atoms with Crippen molar-refractivity contribution in [3.05, 3.63) is 234 Å². The molecule has 2 aliphatic carbocycles. The molecule has 9 aromatic carbocycles. The van der Waals surface area contributed by atoms with Crippen molar-refractivity contribution in [2.45, 2.75) is 32.1 Å². The smallest absolute Gasteiger partial charge is 0.0576 e. The summed E-state index contributed by atoms with van der Waals surface area (Å²) in [7, 11) is 0. The van der Waals surface area contributed by atoms with Crippen LogP contribution in [0.5, 0.6) is 0 Å². The van der Waals surface area contributed by atoms with Gasteiger partial charge in [-0.25, -0.2) is 0 Å². The number of hydrogen-bond donors (Lipinski definition) is 0. The molecule has 0 radical (unpaired) electrons. The van der Waals surface area contributed by atoms with Gasteiger partial charge in [-0.05, 0) is 122 Å². The van der Waals surface area contributed by atoms with Crippen LogP contribution in [0.1, 0.15) is 48.2 Å². The summed E-state index contributed by atoms with van der Waals surface area (Å²) in [6.07, 6.45) is 4.54. The summed E-state index contributed by atoms with van der Waals surface area (Å²) in [6.45, 7) is 4.74. The Morgan fingerprint density at radius 2 is 1.14 bits per heavy atom. The molecule has 0 spiro atoms. The van der Waals surface area contributed by atoms with E-state index in [1.54, 1.807) is 0 Å². The molecule has 0 unspecified atom stereocenters. The van der Waals surface area contributed by atoms with Crippen LogP contribution in [0.25, 0.3) is 77.4 Å². The number of nitrogens with zero attached hydrogens (tertiary/aromatic N) is 2. The largest absolute Gasteiger partial charge is 0.310 e. The molecule has 0 N–H and O–H groups in total. The van der Waals surface area contributed by atoms with Crippen LogP contribution >= 0.6 is 0 Å². The highest BCUT2D eigenvalue weighted by Crippen LogP contribution is 2.55. The van der Waals surface area contributed by atoms with Crippen LogP contribution in [-0.4, -0.2) is 4.57 Å². The highest BCUT2D eigenvalue weighted by atomic mass is 15.1. The van der Waals surface area contributed by atoms with E-state index >= 15 is 0 Å². The second kappa shape index (κ2) is 13.7. The van der Waals surface area contributed by atoms with Gasteiger partial charge in [-0.2, -0.15) is 0 Å². The van der Waals surface area contributed by atoms with E-state index in [0.29, 0.717) is 0 Å². The number of hydrogen-bond acceptors (Lipinski definition) is 1. The molecule has 10 aromatic rings. The van der Waals surface area contributed by atoms with Gasteiger partial charge in [-0.15, -0.1) is 0 Å². The van der Waals surface area contributed by atoms with E-state index in [0.717, 1.165) is 29.9 Å². The number of allylic oxidation sites excluding steroid dienone is 1. The molecule has 298 valence electrons. The molecule has 3 aliphatic rings. The molecule has 0 saturated heterocycles. The quantitative estimate of drug-likeness (QED) is 0.168. The van der Waals surface area contributed by atoms with Gasteiger partial charge in [0.15, 0.2) is 0 Å². The number of aromatic nitrogens is 1. The maximum Gasteiger partial charge on any atom is 0.0576 e. The third-order valence-electron chi connectivity index (χ3n) is 14.2. The topological polar surface area (TPSA) is 8.17 Å². The lowest BCUT2D eigenvalue weighted by atomic mass is 9.82. The van der Waals surface area contributed by atoms with E-state index < -0.39 is 0 Å². The molecule has 2 heteroatoms. The van der Waals surface area contributed by atoms with Crippen molar-refractivity contribution in [2.24, 2.45) is 0 Å². The Kier molecular flexibility index (Phi) is 7.81. The first-order valence-corrected chi connectivity index (χ1v) is 22.3. The fraction of sp³-hybridized carbons (Fsp3) is 0.0820. The van der Waals surface area contributed by atoms with Crippen molar-refractivity contribution in [2.75, 3.05) is 4.90 Å². The molecule has 2 nitrogen and oxygen atoms in total. The maximum atomic E-state index is 2.54. The summed E-state index contributed by atoms with van der Waals surface area (Å²) < 4.78 is 2.54. The van der Waals surface area contributed by atoms with Crippen LogP contribution in [0.3, 0.4) is 0 Å². The SMILES string of the molecule is CC1(C)c2ccccc2-c2c(-c3ccccc3N(c3cccc(-c4cccc5ccccc45)c3)c3ccc4c(c3)C3=CCCc5c3n(c3ccccc53)-c3ccccc3-4)cccc21. The molecule has 13 rings (SSSR count). The number of benzene rings is 9. The molecule has 0 saturated carbocycles. The fourth-order valence-electron chi connectivity index (χ4n) is 11.4. The fourth-order valence-corrected chi connectivity index (χ4v) is 11.4. The highest BCUT2D eigenvalue weighted by Gasteiger charge is 2.37. The predicted octanol–water partition coefficient (Wildman–Crippen LogP) is 16.3. The zero-order valence-electron chi connectivity index (χ0n) is 35.4. The average Bonchev–Trinajstić information content (AvgIpc) is 3.75. The van der Waals surface area contributed by atoms with E-state index in [1.807, 2.05) is 0 Å². The van der Waals surface area contributed by atoms with Gasteiger partial charge in [-0.3, -0.25) is 0 Å². The Hall–Kier alpha value is -7.68.